The quantitative estimate of drug-likeness (QED) is 0.678. The third-order valence-corrected chi connectivity index (χ3v) is 1.94. The second kappa shape index (κ2) is 4.19. The molecule has 4 heteroatoms. The average molecular weight is 198 g/mol. The number of aliphatic hydroxyl groups is 1. The van der Waals surface area contributed by atoms with E-state index in [-0.39, 0.29) is 17.9 Å². The van der Waals surface area contributed by atoms with Crippen LogP contribution in [0, 0.1) is 0 Å². The number of hydrogen-bond donors (Lipinski definition) is 3. The number of benzene rings is 1. The highest BCUT2D eigenvalue weighted by atomic mass is 16.5. The van der Waals surface area contributed by atoms with Gasteiger partial charge >= 0.3 is 0 Å². The number of aromatic hydroxyl groups is 2. The summed E-state index contributed by atoms with van der Waals surface area (Å²) >= 11 is 0. The molecule has 0 heterocycles. The molecule has 0 radical (unpaired) electrons. The van der Waals surface area contributed by atoms with Crippen LogP contribution in [0.5, 0.6) is 17.2 Å². The Balaban J connectivity index is 3.11. The van der Waals surface area contributed by atoms with E-state index in [1.165, 1.54) is 19.2 Å². The summed E-state index contributed by atoms with van der Waals surface area (Å²) < 4.78 is 4.88. The van der Waals surface area contributed by atoms with E-state index in [0.717, 1.165) is 0 Å². The van der Waals surface area contributed by atoms with Crippen LogP contribution in [0.25, 0.3) is 0 Å². The van der Waals surface area contributed by atoms with Crippen LogP contribution in [-0.4, -0.2) is 28.5 Å². The first-order valence-corrected chi connectivity index (χ1v) is 4.32. The number of phenolic OH excluding ortho intramolecular Hbond substituents is 2. The topological polar surface area (TPSA) is 69.9 Å². The van der Waals surface area contributed by atoms with Crippen molar-refractivity contribution in [3.63, 3.8) is 0 Å². The highest BCUT2D eigenvalue weighted by Crippen LogP contribution is 2.36. The van der Waals surface area contributed by atoms with Crippen LogP contribution in [0.2, 0.25) is 0 Å². The Hall–Kier alpha value is -1.42. The Labute approximate surface area is 82.4 Å². The molecule has 4 nitrogen and oxygen atoms in total. The highest BCUT2D eigenvalue weighted by Gasteiger charge is 2.14. The molecule has 0 aliphatic carbocycles. The van der Waals surface area contributed by atoms with Crippen molar-refractivity contribution in [1.29, 1.82) is 0 Å². The van der Waals surface area contributed by atoms with Crippen LogP contribution < -0.4 is 4.74 Å². The second-order valence-corrected chi connectivity index (χ2v) is 3.17. The molecule has 14 heavy (non-hydrogen) atoms. The monoisotopic (exact) mass is 198 g/mol. The molecule has 0 saturated heterocycles. The van der Waals surface area contributed by atoms with Crippen molar-refractivity contribution >= 4 is 0 Å². The maximum Gasteiger partial charge on any atom is 0.164 e. The fraction of sp³-hybridized carbons (Fsp3) is 0.400. The minimum absolute atomic E-state index is 0.0378. The Morgan fingerprint density at radius 3 is 2.50 bits per heavy atom. The molecule has 0 bridgehead atoms. The summed E-state index contributed by atoms with van der Waals surface area (Å²) in [5.41, 5.74) is 0.305. The van der Waals surface area contributed by atoms with E-state index in [2.05, 4.69) is 0 Å². The van der Waals surface area contributed by atoms with Crippen molar-refractivity contribution < 1.29 is 20.1 Å². The maximum absolute atomic E-state index is 9.62. The fourth-order valence-electron chi connectivity index (χ4n) is 1.27. The van der Waals surface area contributed by atoms with E-state index in [1.54, 1.807) is 6.92 Å². The Morgan fingerprint density at radius 2 is 2.00 bits per heavy atom. The van der Waals surface area contributed by atoms with Gasteiger partial charge in [0.15, 0.2) is 11.5 Å². The summed E-state index contributed by atoms with van der Waals surface area (Å²) in [7, 11) is 1.43. The third-order valence-electron chi connectivity index (χ3n) is 1.94. The van der Waals surface area contributed by atoms with Crippen molar-refractivity contribution in [2.75, 3.05) is 7.11 Å². The minimum Gasteiger partial charge on any atom is -0.508 e. The molecule has 1 atom stereocenters. The predicted molar refractivity (Wildman–Crippen MR) is 51.7 cm³/mol. The first-order valence-electron chi connectivity index (χ1n) is 4.32. The Kier molecular flexibility index (Phi) is 3.19. The molecule has 1 unspecified atom stereocenters. The van der Waals surface area contributed by atoms with Gasteiger partial charge in [0.1, 0.15) is 5.75 Å². The molecule has 0 amide bonds. The molecule has 0 spiro atoms. The van der Waals surface area contributed by atoms with E-state index in [4.69, 9.17) is 9.84 Å². The van der Waals surface area contributed by atoms with Crippen LogP contribution in [0.3, 0.4) is 0 Å². The molecule has 3 N–H and O–H groups in total. The Bertz CT molecular complexity index is 320. The van der Waals surface area contributed by atoms with Crippen LogP contribution in [0.15, 0.2) is 12.1 Å². The largest absolute Gasteiger partial charge is 0.508 e. The van der Waals surface area contributed by atoms with Gasteiger partial charge in [-0.05, 0) is 19.1 Å². The van der Waals surface area contributed by atoms with Gasteiger partial charge in [-0.3, -0.25) is 0 Å². The molecule has 0 saturated carbocycles. The minimum atomic E-state index is -0.626. The predicted octanol–water partition coefficient (Wildman–Crippen LogP) is 1.03. The van der Waals surface area contributed by atoms with Crippen molar-refractivity contribution in [1.82, 2.24) is 0 Å². The summed E-state index contributed by atoms with van der Waals surface area (Å²) in [6.07, 6.45) is -0.437. The fourth-order valence-corrected chi connectivity index (χ4v) is 1.27. The van der Waals surface area contributed by atoms with Gasteiger partial charge in [-0.2, -0.15) is 0 Å². The first kappa shape index (κ1) is 10.7. The van der Waals surface area contributed by atoms with E-state index in [0.29, 0.717) is 11.3 Å². The van der Waals surface area contributed by atoms with Gasteiger partial charge in [0.05, 0.1) is 13.2 Å². The zero-order valence-electron chi connectivity index (χ0n) is 8.19. The summed E-state index contributed by atoms with van der Waals surface area (Å²) in [5, 5.41) is 28.2. The molecule has 1 aromatic rings. The number of methoxy groups -OCH3 is 1. The smallest absolute Gasteiger partial charge is 0.164 e. The van der Waals surface area contributed by atoms with Crippen molar-refractivity contribution in [3.8, 4) is 17.2 Å². The van der Waals surface area contributed by atoms with E-state index in [9.17, 15) is 10.2 Å². The number of aliphatic hydroxyl groups excluding tert-OH is 1. The maximum atomic E-state index is 9.62. The van der Waals surface area contributed by atoms with Crippen molar-refractivity contribution in [3.05, 3.63) is 17.7 Å². The molecule has 0 fully saturated rings. The van der Waals surface area contributed by atoms with Gasteiger partial charge < -0.3 is 20.1 Å². The first-order chi connectivity index (χ1) is 6.56. The molecule has 1 aromatic carbocycles. The second-order valence-electron chi connectivity index (χ2n) is 3.17. The number of hydrogen-bond acceptors (Lipinski definition) is 4. The lowest BCUT2D eigenvalue weighted by Crippen LogP contribution is -2.05. The highest BCUT2D eigenvalue weighted by molar-refractivity contribution is 5.52. The van der Waals surface area contributed by atoms with E-state index >= 15 is 0 Å². The molecule has 1 rings (SSSR count). The zero-order chi connectivity index (χ0) is 10.7. The third kappa shape index (κ3) is 2.09. The van der Waals surface area contributed by atoms with Crippen molar-refractivity contribution in [2.24, 2.45) is 0 Å². The standard InChI is InChI=1S/C10H14O4/c1-6(11)5-7-8(12)3-4-9(14-2)10(7)13/h3-4,6,11-13H,5H2,1-2H3. The number of phenols is 2. The van der Waals surface area contributed by atoms with Crippen molar-refractivity contribution in [2.45, 2.75) is 19.4 Å². The summed E-state index contributed by atoms with van der Waals surface area (Å²) in [6, 6.07) is 2.90. The van der Waals surface area contributed by atoms with Gasteiger partial charge in [-0.1, -0.05) is 0 Å². The van der Waals surface area contributed by atoms with Crippen LogP contribution in [0.4, 0.5) is 0 Å². The van der Waals surface area contributed by atoms with E-state index in [1.807, 2.05) is 0 Å². The molecule has 78 valence electrons. The van der Waals surface area contributed by atoms with E-state index < -0.39 is 6.10 Å². The summed E-state index contributed by atoms with van der Waals surface area (Å²) in [4.78, 5) is 0. The SMILES string of the molecule is COc1ccc(O)c(CC(C)O)c1O. The lowest BCUT2D eigenvalue weighted by Gasteiger charge is -2.11. The van der Waals surface area contributed by atoms with Gasteiger partial charge in [0, 0.05) is 12.0 Å². The van der Waals surface area contributed by atoms with Gasteiger partial charge in [-0.15, -0.1) is 0 Å². The lowest BCUT2D eigenvalue weighted by atomic mass is 10.1. The molecule has 0 aliphatic rings. The zero-order valence-corrected chi connectivity index (χ0v) is 8.19. The molecule has 0 aliphatic heterocycles. The van der Waals surface area contributed by atoms with Gasteiger partial charge in [0.2, 0.25) is 0 Å². The van der Waals surface area contributed by atoms with Gasteiger partial charge in [0.25, 0.3) is 0 Å². The number of ether oxygens (including phenoxy) is 1. The van der Waals surface area contributed by atoms with Crippen LogP contribution in [0.1, 0.15) is 12.5 Å². The van der Waals surface area contributed by atoms with Crippen LogP contribution in [-0.2, 0) is 6.42 Å². The average Bonchev–Trinajstić information content (AvgIpc) is 2.12. The molecular weight excluding hydrogens is 184 g/mol. The lowest BCUT2D eigenvalue weighted by molar-refractivity contribution is 0.192. The number of rotatable bonds is 3. The summed E-state index contributed by atoms with van der Waals surface area (Å²) in [6.45, 7) is 1.58. The van der Waals surface area contributed by atoms with Crippen LogP contribution >= 0.6 is 0 Å². The molecule has 0 aromatic heterocycles. The normalized spacial score (nSPS) is 12.5. The molecular formula is C10H14O4. The summed E-state index contributed by atoms with van der Waals surface area (Å²) in [5.74, 6) is 0.135. The Morgan fingerprint density at radius 1 is 1.36 bits per heavy atom. The van der Waals surface area contributed by atoms with Gasteiger partial charge in [-0.25, -0.2) is 0 Å².